The summed E-state index contributed by atoms with van der Waals surface area (Å²) < 4.78 is 0. The maximum absolute atomic E-state index is 12.2. The molecule has 0 atom stereocenters. The molecule has 0 aromatic heterocycles. The van der Waals surface area contributed by atoms with Gasteiger partial charge in [0.05, 0.1) is 13.1 Å². The molecule has 1 saturated heterocycles. The Morgan fingerprint density at radius 1 is 1.17 bits per heavy atom. The number of carboxylic acid groups (broad SMARTS) is 1. The van der Waals surface area contributed by atoms with Crippen LogP contribution in [0.3, 0.4) is 0 Å². The second-order valence-electron chi connectivity index (χ2n) is 6.21. The Labute approximate surface area is 137 Å². The molecule has 0 saturated carbocycles. The third-order valence-corrected chi connectivity index (χ3v) is 4.02. The summed E-state index contributed by atoms with van der Waals surface area (Å²) in [5.41, 5.74) is 2.56. The van der Waals surface area contributed by atoms with Crippen LogP contribution in [0.5, 0.6) is 0 Å². The number of piperazine rings is 1. The number of rotatable bonds is 6. The number of carbonyl (C=O) groups is 2. The number of hydrogen-bond donors (Lipinski definition) is 1. The second-order valence-corrected chi connectivity index (χ2v) is 6.21. The minimum absolute atomic E-state index is 0.00366. The minimum Gasteiger partial charge on any atom is -0.480 e. The predicted molar refractivity (Wildman–Crippen MR) is 88.2 cm³/mol. The first kappa shape index (κ1) is 17.4. The van der Waals surface area contributed by atoms with Crippen LogP contribution in [0.1, 0.15) is 11.1 Å². The molecule has 1 N–H and O–H groups in total. The van der Waals surface area contributed by atoms with Crippen LogP contribution in [0.2, 0.25) is 0 Å². The number of carbonyl (C=O) groups excluding carboxylic acids is 1. The molecule has 126 valence electrons. The number of carboxylic acids is 1. The fourth-order valence-electron chi connectivity index (χ4n) is 2.84. The third-order valence-electron chi connectivity index (χ3n) is 4.02. The molecule has 6 heteroatoms. The molecule has 1 fully saturated rings. The average Bonchev–Trinajstić information content (AvgIpc) is 2.47. The number of amides is 1. The van der Waals surface area contributed by atoms with Crippen molar-refractivity contribution >= 4 is 11.9 Å². The van der Waals surface area contributed by atoms with Gasteiger partial charge in [-0.1, -0.05) is 29.8 Å². The van der Waals surface area contributed by atoms with E-state index in [1.54, 1.807) is 7.05 Å². The van der Waals surface area contributed by atoms with E-state index in [1.165, 1.54) is 16.0 Å². The van der Waals surface area contributed by atoms with Gasteiger partial charge >= 0.3 is 5.97 Å². The van der Waals surface area contributed by atoms with Crippen molar-refractivity contribution in [2.24, 2.45) is 0 Å². The fourth-order valence-corrected chi connectivity index (χ4v) is 2.84. The first-order valence-electron chi connectivity index (χ1n) is 7.90. The van der Waals surface area contributed by atoms with Gasteiger partial charge in [0.2, 0.25) is 5.91 Å². The van der Waals surface area contributed by atoms with Gasteiger partial charge in [-0.3, -0.25) is 19.4 Å². The van der Waals surface area contributed by atoms with Gasteiger partial charge in [-0.2, -0.15) is 0 Å². The average molecular weight is 319 g/mol. The molecule has 23 heavy (non-hydrogen) atoms. The zero-order valence-electron chi connectivity index (χ0n) is 13.9. The maximum Gasteiger partial charge on any atom is 0.317 e. The van der Waals surface area contributed by atoms with Crippen molar-refractivity contribution in [3.63, 3.8) is 0 Å². The lowest BCUT2D eigenvalue weighted by Gasteiger charge is -2.35. The van der Waals surface area contributed by atoms with E-state index in [0.717, 1.165) is 19.6 Å². The maximum atomic E-state index is 12.2. The van der Waals surface area contributed by atoms with Crippen LogP contribution in [0.4, 0.5) is 0 Å². The van der Waals surface area contributed by atoms with E-state index in [0.29, 0.717) is 13.1 Å². The molecule has 1 amide bonds. The topological polar surface area (TPSA) is 64.1 Å². The molecule has 1 aromatic carbocycles. The lowest BCUT2D eigenvalue weighted by molar-refractivity contribution is -0.139. The smallest absolute Gasteiger partial charge is 0.317 e. The molecule has 0 radical (unpaired) electrons. The van der Waals surface area contributed by atoms with Gasteiger partial charge in [0.15, 0.2) is 0 Å². The molecule has 2 rings (SSSR count). The zero-order valence-corrected chi connectivity index (χ0v) is 13.9. The second kappa shape index (κ2) is 8.08. The molecule has 1 heterocycles. The largest absolute Gasteiger partial charge is 0.480 e. The highest BCUT2D eigenvalue weighted by molar-refractivity contribution is 5.79. The minimum atomic E-state index is -0.914. The SMILES string of the molecule is Cc1cccc(CN2CCN(C(=O)CN(C)CC(=O)O)CC2)c1. The molecule has 0 unspecified atom stereocenters. The summed E-state index contributed by atoms with van der Waals surface area (Å²) in [4.78, 5) is 28.5. The highest BCUT2D eigenvalue weighted by atomic mass is 16.4. The highest BCUT2D eigenvalue weighted by Gasteiger charge is 2.22. The van der Waals surface area contributed by atoms with Crippen molar-refractivity contribution in [1.29, 1.82) is 0 Å². The Morgan fingerprint density at radius 2 is 1.87 bits per heavy atom. The van der Waals surface area contributed by atoms with Crippen molar-refractivity contribution in [2.75, 3.05) is 46.3 Å². The summed E-state index contributed by atoms with van der Waals surface area (Å²) in [5.74, 6) is -0.910. The van der Waals surface area contributed by atoms with Crippen LogP contribution in [0.15, 0.2) is 24.3 Å². The van der Waals surface area contributed by atoms with Crippen LogP contribution in [-0.2, 0) is 16.1 Å². The molecule has 1 aliphatic rings. The van der Waals surface area contributed by atoms with Crippen molar-refractivity contribution in [2.45, 2.75) is 13.5 Å². The van der Waals surface area contributed by atoms with Crippen LogP contribution >= 0.6 is 0 Å². The van der Waals surface area contributed by atoms with E-state index >= 15 is 0 Å². The summed E-state index contributed by atoms with van der Waals surface area (Å²) in [6.07, 6.45) is 0. The van der Waals surface area contributed by atoms with Gasteiger partial charge in [-0.15, -0.1) is 0 Å². The number of hydrogen-bond acceptors (Lipinski definition) is 4. The summed E-state index contributed by atoms with van der Waals surface area (Å²) >= 11 is 0. The van der Waals surface area contributed by atoms with Crippen LogP contribution in [0, 0.1) is 6.92 Å². The standard InChI is InChI=1S/C17H25N3O3/c1-14-4-3-5-15(10-14)11-19-6-8-20(9-7-19)16(21)12-18(2)13-17(22)23/h3-5,10H,6-9,11-13H2,1-2H3,(H,22,23). The van der Waals surface area contributed by atoms with E-state index in [1.807, 2.05) is 4.90 Å². The van der Waals surface area contributed by atoms with E-state index in [9.17, 15) is 9.59 Å². The summed E-state index contributed by atoms with van der Waals surface area (Å²) in [6.45, 7) is 6.14. The molecule has 0 aliphatic carbocycles. The van der Waals surface area contributed by atoms with Crippen molar-refractivity contribution < 1.29 is 14.7 Å². The first-order chi connectivity index (χ1) is 10.9. The first-order valence-corrected chi connectivity index (χ1v) is 7.90. The van der Waals surface area contributed by atoms with Gasteiger partial charge in [-0.05, 0) is 19.5 Å². The molecular weight excluding hydrogens is 294 g/mol. The zero-order chi connectivity index (χ0) is 16.8. The monoisotopic (exact) mass is 319 g/mol. The Kier molecular flexibility index (Phi) is 6.12. The summed E-state index contributed by atoms with van der Waals surface area (Å²) in [6, 6.07) is 8.49. The van der Waals surface area contributed by atoms with Gasteiger partial charge in [0, 0.05) is 32.7 Å². The summed E-state index contributed by atoms with van der Waals surface area (Å²) in [5, 5.41) is 8.73. The lowest BCUT2D eigenvalue weighted by atomic mass is 10.1. The molecule has 0 bridgehead atoms. The number of aliphatic carboxylic acids is 1. The quantitative estimate of drug-likeness (QED) is 0.834. The van der Waals surface area contributed by atoms with Crippen molar-refractivity contribution in [3.8, 4) is 0 Å². The molecule has 1 aliphatic heterocycles. The number of aryl methyl sites for hydroxylation is 1. The molecule has 1 aromatic rings. The van der Waals surface area contributed by atoms with E-state index in [-0.39, 0.29) is 19.0 Å². The van der Waals surface area contributed by atoms with Crippen LogP contribution < -0.4 is 0 Å². The predicted octanol–water partition coefficient (Wildman–Crippen LogP) is 0.656. The Hall–Kier alpha value is -1.92. The van der Waals surface area contributed by atoms with Gasteiger partial charge in [0.25, 0.3) is 0 Å². The van der Waals surface area contributed by atoms with Crippen LogP contribution in [0.25, 0.3) is 0 Å². The van der Waals surface area contributed by atoms with Crippen molar-refractivity contribution in [3.05, 3.63) is 35.4 Å². The van der Waals surface area contributed by atoms with Gasteiger partial charge < -0.3 is 10.0 Å². The van der Waals surface area contributed by atoms with Crippen molar-refractivity contribution in [1.82, 2.24) is 14.7 Å². The van der Waals surface area contributed by atoms with Crippen LogP contribution in [-0.4, -0.2) is 78.0 Å². The molecule has 6 nitrogen and oxygen atoms in total. The normalized spacial score (nSPS) is 15.9. The Balaban J connectivity index is 1.77. The number of nitrogens with zero attached hydrogens (tertiary/aromatic N) is 3. The molecular formula is C17H25N3O3. The summed E-state index contributed by atoms with van der Waals surface area (Å²) in [7, 11) is 1.65. The Bertz CT molecular complexity index is 554. The van der Waals surface area contributed by atoms with E-state index in [2.05, 4.69) is 36.1 Å². The lowest BCUT2D eigenvalue weighted by Crippen LogP contribution is -2.50. The fraction of sp³-hybridized carbons (Fsp3) is 0.529. The Morgan fingerprint density at radius 3 is 2.48 bits per heavy atom. The van der Waals surface area contributed by atoms with E-state index < -0.39 is 5.97 Å². The van der Waals surface area contributed by atoms with Gasteiger partial charge in [-0.25, -0.2) is 0 Å². The highest BCUT2D eigenvalue weighted by Crippen LogP contribution is 2.10. The van der Waals surface area contributed by atoms with E-state index in [4.69, 9.17) is 5.11 Å². The number of likely N-dealkylation sites (N-methyl/N-ethyl adjacent to an activating group) is 1. The molecule has 0 spiro atoms. The van der Waals surface area contributed by atoms with Gasteiger partial charge in [0.1, 0.15) is 0 Å². The number of benzene rings is 1. The third kappa shape index (κ3) is 5.65.